The lowest BCUT2D eigenvalue weighted by molar-refractivity contribution is 0.0527. The number of aryl methyl sites for hydroxylation is 1. The second-order valence-electron chi connectivity index (χ2n) is 7.64. The molecule has 1 N–H and O–H groups in total. The van der Waals surface area contributed by atoms with E-state index in [2.05, 4.69) is 68.5 Å². The smallest absolute Gasteiger partial charge is 0.343 e. The van der Waals surface area contributed by atoms with Crippen LogP contribution >= 0.6 is 0 Å². The zero-order valence-electron chi connectivity index (χ0n) is 16.2. The highest BCUT2D eigenvalue weighted by Crippen LogP contribution is 2.40. The number of esters is 1. The molecule has 0 fully saturated rings. The second kappa shape index (κ2) is 6.98. The third kappa shape index (κ3) is 3.39. The van der Waals surface area contributed by atoms with Gasteiger partial charge in [-0.05, 0) is 36.0 Å². The number of nitrogens with one attached hydrogen (secondary N) is 1. The first kappa shape index (κ1) is 18.2. The summed E-state index contributed by atoms with van der Waals surface area (Å²) in [7, 11) is 0. The summed E-state index contributed by atoms with van der Waals surface area (Å²) in [5.74, 6) is 0.344. The number of allylic oxidation sites excluding steroid dienone is 1. The fourth-order valence-corrected chi connectivity index (χ4v) is 3.16. The monoisotopic (exact) mass is 353 g/mol. The largest absolute Gasteiger partial charge is 0.462 e. The fraction of sp³-hybridized carbons (Fsp3) is 0.429. The van der Waals surface area contributed by atoms with E-state index in [4.69, 9.17) is 4.74 Å². The summed E-state index contributed by atoms with van der Waals surface area (Å²) in [6.07, 6.45) is 4.79. The number of fused-ring (bicyclic) bond motifs is 1. The molecular formula is C21H27N3O2. The Morgan fingerprint density at radius 1 is 1.23 bits per heavy atom. The molecule has 138 valence electrons. The lowest BCUT2D eigenvalue weighted by Crippen LogP contribution is -2.29. The minimum Gasteiger partial charge on any atom is -0.462 e. The third-order valence-electron chi connectivity index (χ3n) is 4.69. The molecule has 1 atom stereocenters. The van der Waals surface area contributed by atoms with Crippen molar-refractivity contribution < 1.29 is 9.53 Å². The van der Waals surface area contributed by atoms with E-state index in [0.29, 0.717) is 18.0 Å². The molecule has 3 rings (SSSR count). The highest BCUT2D eigenvalue weighted by atomic mass is 16.5. The van der Waals surface area contributed by atoms with Gasteiger partial charge in [0.1, 0.15) is 11.4 Å². The predicted molar refractivity (Wildman–Crippen MR) is 104 cm³/mol. The summed E-state index contributed by atoms with van der Waals surface area (Å²) < 4.78 is 7.08. The molecule has 2 heterocycles. The fourth-order valence-electron chi connectivity index (χ4n) is 3.16. The molecule has 26 heavy (non-hydrogen) atoms. The van der Waals surface area contributed by atoms with Crippen LogP contribution in [0.2, 0.25) is 0 Å². The molecule has 0 saturated carbocycles. The lowest BCUT2D eigenvalue weighted by Gasteiger charge is -2.34. The maximum atomic E-state index is 12.3. The predicted octanol–water partition coefficient (Wildman–Crippen LogP) is 4.68. The van der Waals surface area contributed by atoms with Crippen molar-refractivity contribution in [1.29, 1.82) is 0 Å². The average molecular weight is 353 g/mol. The van der Waals surface area contributed by atoms with Crippen molar-refractivity contribution in [3.05, 3.63) is 53.2 Å². The summed E-state index contributed by atoms with van der Waals surface area (Å²) in [6.45, 7) is 10.8. The van der Waals surface area contributed by atoms with Crippen molar-refractivity contribution in [3.63, 3.8) is 0 Å². The third-order valence-corrected chi connectivity index (χ3v) is 4.69. The summed E-state index contributed by atoms with van der Waals surface area (Å²) in [5.41, 5.74) is 3.81. The van der Waals surface area contributed by atoms with Crippen LogP contribution in [-0.4, -0.2) is 22.4 Å². The lowest BCUT2D eigenvalue weighted by atomic mass is 9.85. The number of carbonyl (C=O) groups excluding carboxylic acids is 1. The van der Waals surface area contributed by atoms with Crippen LogP contribution in [-0.2, 0) is 11.2 Å². The number of ether oxygens (including phenoxy) is 1. The molecule has 1 aliphatic rings. The van der Waals surface area contributed by atoms with Crippen molar-refractivity contribution in [3.8, 4) is 0 Å². The van der Waals surface area contributed by atoms with Crippen LogP contribution in [0.4, 0.5) is 5.82 Å². The highest BCUT2D eigenvalue weighted by molar-refractivity contribution is 5.97. The van der Waals surface area contributed by atoms with Gasteiger partial charge in [-0.3, -0.25) is 0 Å². The average Bonchev–Trinajstić information content (AvgIpc) is 3.04. The van der Waals surface area contributed by atoms with Gasteiger partial charge in [0.15, 0.2) is 0 Å². The van der Waals surface area contributed by atoms with Crippen LogP contribution in [0.3, 0.4) is 0 Å². The Morgan fingerprint density at radius 3 is 2.50 bits per heavy atom. The standard InChI is InChI=1S/C21H27N3O2/c1-6-14-8-10-15(11-9-14)17-12-18(21(3,4)5)24-19(23-17)16(13-22-24)20(25)26-7-2/h8-13,18,23H,6-7H2,1-5H3. The zero-order valence-corrected chi connectivity index (χ0v) is 16.2. The van der Waals surface area contributed by atoms with Crippen LogP contribution in [0.1, 0.15) is 62.1 Å². The summed E-state index contributed by atoms with van der Waals surface area (Å²) >= 11 is 0. The molecule has 0 aliphatic carbocycles. The van der Waals surface area contributed by atoms with Crippen molar-refractivity contribution in [2.75, 3.05) is 11.9 Å². The van der Waals surface area contributed by atoms with Gasteiger partial charge in [0.2, 0.25) is 0 Å². The molecule has 0 saturated heterocycles. The Morgan fingerprint density at radius 2 is 1.92 bits per heavy atom. The molecule has 5 nitrogen and oxygen atoms in total. The van der Waals surface area contributed by atoms with Gasteiger partial charge >= 0.3 is 5.97 Å². The van der Waals surface area contributed by atoms with Gasteiger partial charge in [-0.1, -0.05) is 52.0 Å². The van der Waals surface area contributed by atoms with E-state index in [9.17, 15) is 4.79 Å². The maximum Gasteiger partial charge on any atom is 0.343 e. The topological polar surface area (TPSA) is 56.1 Å². The summed E-state index contributed by atoms with van der Waals surface area (Å²) in [5, 5.41) is 7.87. The first-order valence-electron chi connectivity index (χ1n) is 9.18. The van der Waals surface area contributed by atoms with Gasteiger partial charge in [-0.15, -0.1) is 0 Å². The Hall–Kier alpha value is -2.56. The number of benzene rings is 1. The molecule has 1 aromatic carbocycles. The molecule has 0 amide bonds. The van der Waals surface area contributed by atoms with Gasteiger partial charge in [-0.2, -0.15) is 5.10 Å². The van der Waals surface area contributed by atoms with Crippen molar-refractivity contribution in [1.82, 2.24) is 9.78 Å². The van der Waals surface area contributed by atoms with Crippen LogP contribution in [0.15, 0.2) is 36.5 Å². The zero-order chi connectivity index (χ0) is 18.9. The SMILES string of the molecule is CCOC(=O)c1cnn2c1NC(c1ccc(CC)cc1)=CC2C(C)(C)C. The van der Waals surface area contributed by atoms with Crippen molar-refractivity contribution in [2.45, 2.75) is 47.1 Å². The van der Waals surface area contributed by atoms with Crippen LogP contribution in [0.25, 0.3) is 5.70 Å². The van der Waals surface area contributed by atoms with Gasteiger partial charge < -0.3 is 10.1 Å². The maximum absolute atomic E-state index is 12.3. The van der Waals surface area contributed by atoms with E-state index in [0.717, 1.165) is 17.7 Å². The highest BCUT2D eigenvalue weighted by Gasteiger charge is 2.33. The molecular weight excluding hydrogens is 326 g/mol. The van der Waals surface area contributed by atoms with E-state index in [1.807, 2.05) is 4.68 Å². The number of aromatic nitrogens is 2. The Labute approximate surface area is 155 Å². The van der Waals surface area contributed by atoms with E-state index in [1.165, 1.54) is 5.56 Å². The van der Waals surface area contributed by atoms with Crippen molar-refractivity contribution in [2.24, 2.45) is 5.41 Å². The molecule has 0 radical (unpaired) electrons. The Bertz CT molecular complexity index is 826. The molecule has 1 unspecified atom stereocenters. The molecule has 2 aromatic rings. The number of rotatable bonds is 4. The number of anilines is 1. The molecule has 0 spiro atoms. The number of hydrogen-bond donors (Lipinski definition) is 1. The van der Waals surface area contributed by atoms with E-state index < -0.39 is 0 Å². The number of nitrogens with zero attached hydrogens (tertiary/aromatic N) is 2. The molecule has 0 bridgehead atoms. The van der Waals surface area contributed by atoms with Gasteiger partial charge in [0.05, 0.1) is 18.8 Å². The minimum atomic E-state index is -0.350. The summed E-state index contributed by atoms with van der Waals surface area (Å²) in [6, 6.07) is 8.55. The molecule has 1 aromatic heterocycles. The first-order chi connectivity index (χ1) is 12.3. The molecule has 1 aliphatic heterocycles. The Balaban J connectivity index is 2.05. The van der Waals surface area contributed by atoms with E-state index in [-0.39, 0.29) is 17.4 Å². The van der Waals surface area contributed by atoms with Gasteiger partial charge in [0, 0.05) is 5.70 Å². The van der Waals surface area contributed by atoms with E-state index >= 15 is 0 Å². The van der Waals surface area contributed by atoms with Gasteiger partial charge in [0.25, 0.3) is 0 Å². The second-order valence-corrected chi connectivity index (χ2v) is 7.64. The minimum absolute atomic E-state index is 0.0304. The quantitative estimate of drug-likeness (QED) is 0.811. The van der Waals surface area contributed by atoms with E-state index in [1.54, 1.807) is 13.1 Å². The number of carbonyl (C=O) groups is 1. The van der Waals surface area contributed by atoms with Crippen LogP contribution in [0, 0.1) is 5.41 Å². The first-order valence-corrected chi connectivity index (χ1v) is 9.18. The van der Waals surface area contributed by atoms with Crippen molar-refractivity contribution >= 4 is 17.5 Å². The van der Waals surface area contributed by atoms with Crippen LogP contribution in [0.5, 0.6) is 0 Å². The van der Waals surface area contributed by atoms with Gasteiger partial charge in [-0.25, -0.2) is 9.48 Å². The molecule has 5 heteroatoms. The summed E-state index contributed by atoms with van der Waals surface area (Å²) in [4.78, 5) is 12.3. The number of hydrogen-bond acceptors (Lipinski definition) is 4. The van der Waals surface area contributed by atoms with Crippen LogP contribution < -0.4 is 5.32 Å². The normalized spacial score (nSPS) is 16.5. The Kier molecular flexibility index (Phi) is 4.90.